The zero-order chi connectivity index (χ0) is 9.30. The van der Waals surface area contributed by atoms with Crippen molar-refractivity contribution in [1.82, 2.24) is 0 Å². The van der Waals surface area contributed by atoms with E-state index in [4.69, 9.17) is 0 Å². The first-order chi connectivity index (χ1) is 5.52. The molecule has 0 spiro atoms. The van der Waals surface area contributed by atoms with Gasteiger partial charge >= 0.3 is 0 Å². The van der Waals surface area contributed by atoms with Gasteiger partial charge in [-0.05, 0) is 56.5 Å². The highest BCUT2D eigenvalue weighted by atomic mass is 16.1. The SMILES string of the molecule is [CH2]c1c(C)cc(C(C)=O)cc1C. The normalized spacial score (nSPS) is 10.0. The van der Waals surface area contributed by atoms with Crippen LogP contribution in [-0.4, -0.2) is 5.78 Å². The van der Waals surface area contributed by atoms with Crippen LogP contribution in [0.2, 0.25) is 0 Å². The number of hydrogen-bond donors (Lipinski definition) is 0. The van der Waals surface area contributed by atoms with Gasteiger partial charge in [-0.3, -0.25) is 4.79 Å². The molecule has 0 aliphatic carbocycles. The van der Waals surface area contributed by atoms with Crippen molar-refractivity contribution >= 4 is 5.78 Å². The molecule has 0 saturated carbocycles. The average Bonchev–Trinajstić information content (AvgIpc) is 1.99. The molecular formula is C11H13O. The lowest BCUT2D eigenvalue weighted by Gasteiger charge is -2.06. The van der Waals surface area contributed by atoms with Crippen LogP contribution in [0.25, 0.3) is 0 Å². The third-order valence-corrected chi connectivity index (χ3v) is 2.10. The molecule has 63 valence electrons. The number of carbonyl (C=O) groups is 1. The van der Waals surface area contributed by atoms with Crippen LogP contribution in [0.5, 0.6) is 0 Å². The maximum absolute atomic E-state index is 11.0. The summed E-state index contributed by atoms with van der Waals surface area (Å²) in [4.78, 5) is 11.0. The maximum atomic E-state index is 11.0. The predicted octanol–water partition coefficient (Wildman–Crippen LogP) is 2.69. The van der Waals surface area contributed by atoms with Gasteiger partial charge < -0.3 is 0 Å². The van der Waals surface area contributed by atoms with E-state index in [1.807, 2.05) is 26.0 Å². The molecule has 0 heterocycles. The van der Waals surface area contributed by atoms with Crippen LogP contribution in [0, 0.1) is 20.8 Å². The van der Waals surface area contributed by atoms with Crippen LogP contribution in [0.15, 0.2) is 12.1 Å². The summed E-state index contributed by atoms with van der Waals surface area (Å²) in [7, 11) is 0. The summed E-state index contributed by atoms with van der Waals surface area (Å²) >= 11 is 0. The molecule has 0 amide bonds. The van der Waals surface area contributed by atoms with E-state index < -0.39 is 0 Å². The maximum Gasteiger partial charge on any atom is 0.159 e. The number of rotatable bonds is 1. The topological polar surface area (TPSA) is 17.1 Å². The van der Waals surface area contributed by atoms with Crippen molar-refractivity contribution in [2.45, 2.75) is 20.8 Å². The van der Waals surface area contributed by atoms with Crippen LogP contribution < -0.4 is 0 Å². The molecule has 0 aliphatic heterocycles. The van der Waals surface area contributed by atoms with Crippen LogP contribution in [0.4, 0.5) is 0 Å². The van der Waals surface area contributed by atoms with Crippen molar-refractivity contribution in [2.24, 2.45) is 0 Å². The fourth-order valence-electron chi connectivity index (χ4n) is 1.20. The predicted molar refractivity (Wildman–Crippen MR) is 50.4 cm³/mol. The lowest BCUT2D eigenvalue weighted by Crippen LogP contribution is -1.96. The second-order valence-electron chi connectivity index (χ2n) is 3.14. The minimum Gasteiger partial charge on any atom is -0.295 e. The Hall–Kier alpha value is -1.11. The molecule has 1 radical (unpaired) electrons. The molecule has 1 heteroatoms. The van der Waals surface area contributed by atoms with E-state index >= 15 is 0 Å². The fourth-order valence-corrected chi connectivity index (χ4v) is 1.20. The van der Waals surface area contributed by atoms with Gasteiger partial charge in [0, 0.05) is 5.56 Å². The summed E-state index contributed by atoms with van der Waals surface area (Å²) in [5.41, 5.74) is 3.97. The Morgan fingerprint density at radius 1 is 1.25 bits per heavy atom. The van der Waals surface area contributed by atoms with Crippen molar-refractivity contribution in [3.05, 3.63) is 41.3 Å². The van der Waals surface area contributed by atoms with Crippen molar-refractivity contribution in [2.75, 3.05) is 0 Å². The highest BCUT2D eigenvalue weighted by Gasteiger charge is 2.03. The Labute approximate surface area is 73.4 Å². The van der Waals surface area contributed by atoms with Gasteiger partial charge in [0.25, 0.3) is 0 Å². The number of benzene rings is 1. The van der Waals surface area contributed by atoms with Gasteiger partial charge in [0.2, 0.25) is 0 Å². The molecule has 0 atom stereocenters. The highest BCUT2D eigenvalue weighted by Crippen LogP contribution is 2.15. The van der Waals surface area contributed by atoms with E-state index in [2.05, 4.69) is 6.92 Å². The Kier molecular flexibility index (Phi) is 2.32. The third-order valence-electron chi connectivity index (χ3n) is 2.10. The first-order valence-electron chi connectivity index (χ1n) is 3.96. The molecule has 1 aromatic carbocycles. The van der Waals surface area contributed by atoms with Crippen molar-refractivity contribution in [3.63, 3.8) is 0 Å². The lowest BCUT2D eigenvalue weighted by atomic mass is 9.99. The molecule has 1 rings (SSSR count). The molecule has 0 fully saturated rings. The number of aryl methyl sites for hydroxylation is 2. The van der Waals surface area contributed by atoms with Gasteiger partial charge in [-0.1, -0.05) is 0 Å². The molecular weight excluding hydrogens is 148 g/mol. The standard InChI is InChI=1S/C11H13O/c1-7-5-11(10(4)12)6-8(2)9(7)3/h5-6H,3H2,1-2,4H3. The number of carbonyl (C=O) groups excluding carboxylic acids is 1. The molecule has 0 N–H and O–H groups in total. The summed E-state index contributed by atoms with van der Waals surface area (Å²) in [6.07, 6.45) is 0. The molecule has 12 heavy (non-hydrogen) atoms. The Morgan fingerprint density at radius 2 is 1.67 bits per heavy atom. The summed E-state index contributed by atoms with van der Waals surface area (Å²) in [6.45, 7) is 9.44. The van der Waals surface area contributed by atoms with Gasteiger partial charge in [0.1, 0.15) is 0 Å². The van der Waals surface area contributed by atoms with E-state index in [1.54, 1.807) is 6.92 Å². The van der Waals surface area contributed by atoms with Gasteiger partial charge in [0.15, 0.2) is 5.78 Å². The molecule has 0 unspecified atom stereocenters. The van der Waals surface area contributed by atoms with E-state index in [0.29, 0.717) is 0 Å². The Bertz CT molecular complexity index is 301. The van der Waals surface area contributed by atoms with E-state index in [9.17, 15) is 4.79 Å². The van der Waals surface area contributed by atoms with Crippen LogP contribution in [0.1, 0.15) is 34.0 Å². The molecule has 0 saturated heterocycles. The number of ketones is 1. The van der Waals surface area contributed by atoms with Gasteiger partial charge in [-0.2, -0.15) is 0 Å². The van der Waals surface area contributed by atoms with Crippen LogP contribution >= 0.6 is 0 Å². The van der Waals surface area contributed by atoms with Gasteiger partial charge in [-0.15, -0.1) is 0 Å². The third kappa shape index (κ3) is 1.55. The summed E-state index contributed by atoms with van der Waals surface area (Å²) in [5.74, 6) is 0.112. The van der Waals surface area contributed by atoms with Crippen LogP contribution in [0.3, 0.4) is 0 Å². The minimum atomic E-state index is 0.112. The second kappa shape index (κ2) is 3.10. The van der Waals surface area contributed by atoms with E-state index in [-0.39, 0.29) is 5.78 Å². The monoisotopic (exact) mass is 161 g/mol. The summed E-state index contributed by atoms with van der Waals surface area (Å²) in [6, 6.07) is 3.77. The Balaban J connectivity index is 3.31. The van der Waals surface area contributed by atoms with Crippen molar-refractivity contribution < 1.29 is 4.79 Å². The van der Waals surface area contributed by atoms with E-state index in [0.717, 1.165) is 22.3 Å². The smallest absolute Gasteiger partial charge is 0.159 e. The largest absolute Gasteiger partial charge is 0.295 e. The van der Waals surface area contributed by atoms with Crippen molar-refractivity contribution in [1.29, 1.82) is 0 Å². The van der Waals surface area contributed by atoms with E-state index in [1.165, 1.54) is 0 Å². The first kappa shape index (κ1) is 8.98. The molecule has 0 aromatic heterocycles. The summed E-state index contributed by atoms with van der Waals surface area (Å²) in [5, 5.41) is 0. The fraction of sp³-hybridized carbons (Fsp3) is 0.273. The molecule has 0 bridgehead atoms. The lowest BCUT2D eigenvalue weighted by molar-refractivity contribution is 0.101. The molecule has 0 aliphatic rings. The van der Waals surface area contributed by atoms with Gasteiger partial charge in [-0.25, -0.2) is 0 Å². The zero-order valence-electron chi connectivity index (χ0n) is 7.77. The van der Waals surface area contributed by atoms with Gasteiger partial charge in [0.05, 0.1) is 0 Å². The number of Topliss-reactive ketones (excluding diaryl/α,β-unsaturated/α-hetero) is 1. The molecule has 1 nitrogen and oxygen atoms in total. The average molecular weight is 161 g/mol. The highest BCUT2D eigenvalue weighted by molar-refractivity contribution is 5.94. The summed E-state index contributed by atoms with van der Waals surface area (Å²) < 4.78 is 0. The first-order valence-corrected chi connectivity index (χ1v) is 3.96. The van der Waals surface area contributed by atoms with Crippen LogP contribution in [-0.2, 0) is 0 Å². The van der Waals surface area contributed by atoms with Crippen molar-refractivity contribution in [3.8, 4) is 0 Å². The number of hydrogen-bond acceptors (Lipinski definition) is 1. The molecule has 1 aromatic rings. The zero-order valence-corrected chi connectivity index (χ0v) is 7.77. The second-order valence-corrected chi connectivity index (χ2v) is 3.14. The Morgan fingerprint density at radius 3 is 2.00 bits per heavy atom. The quantitative estimate of drug-likeness (QED) is 0.579. The minimum absolute atomic E-state index is 0.112.